The van der Waals surface area contributed by atoms with Crippen LogP contribution in [0.25, 0.3) is 0 Å². The fourth-order valence-corrected chi connectivity index (χ4v) is 4.05. The quantitative estimate of drug-likeness (QED) is 0.774. The first-order valence-corrected chi connectivity index (χ1v) is 9.82. The summed E-state index contributed by atoms with van der Waals surface area (Å²) in [6.45, 7) is 1.24. The van der Waals surface area contributed by atoms with Crippen molar-refractivity contribution in [3.05, 3.63) is 29.8 Å². The number of piperidine rings is 1. The number of carbonyl (C=O) groups is 1. The van der Waals surface area contributed by atoms with Crippen LogP contribution in [0.3, 0.4) is 0 Å². The number of benzene rings is 1. The van der Waals surface area contributed by atoms with Gasteiger partial charge >= 0.3 is 0 Å². The lowest BCUT2D eigenvalue weighted by molar-refractivity contribution is -0.126. The second kappa shape index (κ2) is 8.64. The summed E-state index contributed by atoms with van der Waals surface area (Å²) >= 11 is 0. The molecule has 25 heavy (non-hydrogen) atoms. The van der Waals surface area contributed by atoms with Gasteiger partial charge in [0, 0.05) is 33.7 Å². The van der Waals surface area contributed by atoms with E-state index in [9.17, 15) is 13.2 Å². The third kappa shape index (κ3) is 5.17. The highest BCUT2D eigenvalue weighted by Gasteiger charge is 2.33. The Morgan fingerprint density at radius 2 is 2.00 bits per heavy atom. The molecule has 140 valence electrons. The average molecular weight is 369 g/mol. The molecular weight excluding hydrogens is 342 g/mol. The van der Waals surface area contributed by atoms with Crippen LogP contribution in [0.5, 0.6) is 5.75 Å². The van der Waals surface area contributed by atoms with Gasteiger partial charge in [-0.2, -0.15) is 17.0 Å². The van der Waals surface area contributed by atoms with Crippen LogP contribution in [0, 0.1) is 5.92 Å². The number of methoxy groups -OCH3 is 1. The maximum absolute atomic E-state index is 12.4. The van der Waals surface area contributed by atoms with Crippen molar-refractivity contribution >= 4 is 16.1 Å². The van der Waals surface area contributed by atoms with Crippen LogP contribution in [0.2, 0.25) is 0 Å². The van der Waals surface area contributed by atoms with E-state index in [0.717, 1.165) is 17.7 Å². The van der Waals surface area contributed by atoms with Crippen LogP contribution in [0.4, 0.5) is 0 Å². The summed E-state index contributed by atoms with van der Waals surface area (Å²) in [5.74, 6) is 0.434. The van der Waals surface area contributed by atoms with Crippen LogP contribution in [0.1, 0.15) is 18.4 Å². The number of carbonyl (C=O) groups excluding carboxylic acids is 1. The first kappa shape index (κ1) is 19.7. The van der Waals surface area contributed by atoms with Crippen LogP contribution < -0.4 is 10.1 Å². The van der Waals surface area contributed by atoms with E-state index < -0.39 is 10.2 Å². The van der Waals surface area contributed by atoms with Crippen molar-refractivity contribution in [1.82, 2.24) is 13.9 Å². The molecule has 1 heterocycles. The molecule has 1 aliphatic rings. The van der Waals surface area contributed by atoms with E-state index in [0.29, 0.717) is 25.9 Å². The summed E-state index contributed by atoms with van der Waals surface area (Å²) in [7, 11) is 1.18. The molecule has 1 N–H and O–H groups in total. The van der Waals surface area contributed by atoms with Gasteiger partial charge in [-0.3, -0.25) is 4.79 Å². The molecule has 0 bridgehead atoms. The van der Waals surface area contributed by atoms with E-state index in [1.807, 2.05) is 24.3 Å². The summed E-state index contributed by atoms with van der Waals surface area (Å²) in [4.78, 5) is 12.4. The van der Waals surface area contributed by atoms with Gasteiger partial charge in [-0.15, -0.1) is 0 Å². The highest BCUT2D eigenvalue weighted by atomic mass is 32.2. The van der Waals surface area contributed by atoms with Crippen molar-refractivity contribution in [2.45, 2.75) is 19.3 Å². The Hall–Kier alpha value is -1.64. The largest absolute Gasteiger partial charge is 0.497 e. The van der Waals surface area contributed by atoms with Crippen molar-refractivity contribution in [2.75, 3.05) is 40.8 Å². The number of nitrogens with one attached hydrogen (secondary N) is 1. The molecule has 0 spiro atoms. The summed E-state index contributed by atoms with van der Waals surface area (Å²) in [5.41, 5.74) is 1.11. The number of hydrogen-bond donors (Lipinski definition) is 1. The molecule has 1 amide bonds. The molecule has 7 nitrogen and oxygen atoms in total. The third-order valence-electron chi connectivity index (χ3n) is 4.41. The number of ether oxygens (including phenoxy) is 1. The molecule has 0 aromatic heterocycles. The van der Waals surface area contributed by atoms with Crippen LogP contribution in [-0.4, -0.2) is 63.8 Å². The second-order valence-electron chi connectivity index (χ2n) is 6.38. The van der Waals surface area contributed by atoms with Gasteiger partial charge in [0.2, 0.25) is 5.91 Å². The Bertz CT molecular complexity index is 674. The molecule has 1 saturated heterocycles. The maximum Gasteiger partial charge on any atom is 0.281 e. The lowest BCUT2D eigenvalue weighted by Crippen LogP contribution is -2.49. The predicted molar refractivity (Wildman–Crippen MR) is 96.6 cm³/mol. The number of rotatable bonds is 7. The fourth-order valence-electron chi connectivity index (χ4n) is 2.86. The van der Waals surface area contributed by atoms with Crippen molar-refractivity contribution in [3.8, 4) is 5.75 Å². The summed E-state index contributed by atoms with van der Waals surface area (Å²) < 4.78 is 32.1. The highest BCUT2D eigenvalue weighted by molar-refractivity contribution is 7.86. The summed E-state index contributed by atoms with van der Waals surface area (Å²) in [5, 5.41) is 2.93. The van der Waals surface area contributed by atoms with Crippen molar-refractivity contribution in [3.63, 3.8) is 0 Å². The average Bonchev–Trinajstić information content (AvgIpc) is 2.62. The van der Waals surface area contributed by atoms with E-state index in [2.05, 4.69) is 5.32 Å². The van der Waals surface area contributed by atoms with Crippen molar-refractivity contribution < 1.29 is 17.9 Å². The zero-order chi connectivity index (χ0) is 18.4. The van der Waals surface area contributed by atoms with Crippen LogP contribution in [0.15, 0.2) is 24.3 Å². The molecule has 1 aromatic rings. The minimum absolute atomic E-state index is 0.0767. The number of amides is 1. The number of hydrogen-bond acceptors (Lipinski definition) is 4. The molecule has 0 saturated carbocycles. The van der Waals surface area contributed by atoms with E-state index in [1.54, 1.807) is 7.11 Å². The van der Waals surface area contributed by atoms with Crippen LogP contribution >= 0.6 is 0 Å². The monoisotopic (exact) mass is 369 g/mol. The minimum atomic E-state index is -3.46. The fraction of sp³-hybridized carbons (Fsp3) is 0.588. The number of nitrogens with zero attached hydrogens (tertiary/aromatic N) is 2. The molecule has 0 unspecified atom stereocenters. The Labute approximate surface area is 150 Å². The summed E-state index contributed by atoms with van der Waals surface area (Å²) in [6, 6.07) is 7.72. The predicted octanol–water partition coefficient (Wildman–Crippen LogP) is 0.872. The molecule has 1 atom stereocenters. The van der Waals surface area contributed by atoms with Gasteiger partial charge in [0.1, 0.15) is 5.75 Å². The standard InChI is InChI=1S/C17H27N3O4S/c1-19(2)25(22,23)20-12-4-5-15(13-20)17(21)18-11-10-14-6-8-16(24-3)9-7-14/h6-9,15H,4-5,10-13H2,1-3H3,(H,18,21)/t15-/m0/s1. The summed E-state index contributed by atoms with van der Waals surface area (Å²) in [6.07, 6.45) is 2.14. The zero-order valence-corrected chi connectivity index (χ0v) is 15.9. The normalized spacial score (nSPS) is 19.0. The Balaban J connectivity index is 1.83. The van der Waals surface area contributed by atoms with Gasteiger partial charge in [-0.1, -0.05) is 12.1 Å². The molecule has 0 aliphatic carbocycles. The van der Waals surface area contributed by atoms with E-state index >= 15 is 0 Å². The van der Waals surface area contributed by atoms with E-state index in [-0.39, 0.29) is 18.4 Å². The Kier molecular flexibility index (Phi) is 6.80. The van der Waals surface area contributed by atoms with Gasteiger partial charge in [-0.05, 0) is 37.0 Å². The molecular formula is C17H27N3O4S. The lowest BCUT2D eigenvalue weighted by atomic mass is 9.99. The highest BCUT2D eigenvalue weighted by Crippen LogP contribution is 2.20. The van der Waals surface area contributed by atoms with Crippen LogP contribution in [-0.2, 0) is 21.4 Å². The van der Waals surface area contributed by atoms with Gasteiger partial charge in [-0.25, -0.2) is 0 Å². The van der Waals surface area contributed by atoms with Crippen molar-refractivity contribution in [1.29, 1.82) is 0 Å². The minimum Gasteiger partial charge on any atom is -0.497 e. The third-order valence-corrected chi connectivity index (χ3v) is 6.32. The van der Waals surface area contributed by atoms with Gasteiger partial charge in [0.25, 0.3) is 10.2 Å². The van der Waals surface area contributed by atoms with Gasteiger partial charge in [0.05, 0.1) is 13.0 Å². The first-order valence-electron chi connectivity index (χ1n) is 8.43. The van der Waals surface area contributed by atoms with Gasteiger partial charge < -0.3 is 10.1 Å². The molecule has 1 fully saturated rings. The molecule has 1 aromatic carbocycles. The van der Waals surface area contributed by atoms with E-state index in [4.69, 9.17) is 4.74 Å². The van der Waals surface area contributed by atoms with E-state index in [1.165, 1.54) is 22.7 Å². The Morgan fingerprint density at radius 3 is 2.60 bits per heavy atom. The van der Waals surface area contributed by atoms with Gasteiger partial charge in [0.15, 0.2) is 0 Å². The maximum atomic E-state index is 12.4. The zero-order valence-electron chi connectivity index (χ0n) is 15.1. The molecule has 0 radical (unpaired) electrons. The molecule has 8 heteroatoms. The SMILES string of the molecule is COc1ccc(CCNC(=O)[C@H]2CCCN(S(=O)(=O)N(C)C)C2)cc1. The van der Waals surface area contributed by atoms with Crippen molar-refractivity contribution in [2.24, 2.45) is 5.92 Å². The smallest absolute Gasteiger partial charge is 0.281 e. The first-order chi connectivity index (χ1) is 11.8. The second-order valence-corrected chi connectivity index (χ2v) is 8.52. The lowest BCUT2D eigenvalue weighted by Gasteiger charge is -2.32. The topological polar surface area (TPSA) is 79.0 Å². The Morgan fingerprint density at radius 1 is 1.32 bits per heavy atom. The molecule has 1 aliphatic heterocycles. The molecule has 2 rings (SSSR count).